The Balaban J connectivity index is 2.11. The Hall–Kier alpha value is -2.46. The molecule has 0 aromatic carbocycles. The van der Waals surface area contributed by atoms with Crippen LogP contribution >= 0.6 is 0 Å². The number of rotatable bonds is 15. The third kappa shape index (κ3) is 7.30. The first kappa shape index (κ1) is 25.8. The number of methoxy groups -OCH3 is 1. The van der Waals surface area contributed by atoms with E-state index in [2.05, 4.69) is 29.1 Å². The maximum absolute atomic E-state index is 12.6. The minimum Gasteiger partial charge on any atom is -0.382 e. The van der Waals surface area contributed by atoms with Gasteiger partial charge in [-0.2, -0.15) is 0 Å². The maximum Gasteiger partial charge on any atom is 0.330 e. The van der Waals surface area contributed by atoms with Crippen molar-refractivity contribution in [2.45, 2.75) is 66.0 Å². The molecule has 2 N–H and O–H groups in total. The lowest BCUT2D eigenvalue weighted by atomic mass is 10.2. The van der Waals surface area contributed by atoms with Gasteiger partial charge in [-0.05, 0) is 18.8 Å². The number of hydrogen-bond donors (Lipinski definition) is 2. The molecule has 0 aliphatic carbocycles. The summed E-state index contributed by atoms with van der Waals surface area (Å²) in [6.07, 6.45) is 3.09. The van der Waals surface area contributed by atoms with Crippen LogP contribution in [0.1, 0.15) is 52.3 Å². The van der Waals surface area contributed by atoms with Crippen molar-refractivity contribution in [3.63, 3.8) is 0 Å². The molecule has 0 spiro atoms. The zero-order valence-corrected chi connectivity index (χ0v) is 19.7. The van der Waals surface area contributed by atoms with Crippen molar-refractivity contribution in [3.8, 4) is 0 Å². The standard InChI is InChI=1S/C22H37N5O5/c1-5-6-11-26-20-19(21(29)25-22(26)30)27(15-16(2)3)17(24-20)8-9-18(28)23-10-7-12-32-14-13-31-4/h16H,5-15H2,1-4H3,(H,23,28)(H,25,29,30). The lowest BCUT2D eigenvalue weighted by molar-refractivity contribution is -0.121. The van der Waals surface area contributed by atoms with Crippen LogP contribution in [-0.4, -0.2) is 58.5 Å². The SMILES string of the molecule is CCCCn1c(=O)[nH]c(=O)c2c1nc(CCC(=O)NCCCOCCOC)n2CC(C)C. The van der Waals surface area contributed by atoms with Crippen LogP contribution in [0.25, 0.3) is 11.2 Å². The van der Waals surface area contributed by atoms with Gasteiger partial charge in [-0.15, -0.1) is 0 Å². The third-order valence-corrected chi connectivity index (χ3v) is 5.04. The molecular weight excluding hydrogens is 414 g/mol. The summed E-state index contributed by atoms with van der Waals surface area (Å²) in [7, 11) is 1.62. The van der Waals surface area contributed by atoms with Crippen molar-refractivity contribution in [3.05, 3.63) is 26.7 Å². The predicted molar refractivity (Wildman–Crippen MR) is 123 cm³/mol. The number of imidazole rings is 1. The number of hydrogen-bond acceptors (Lipinski definition) is 6. The van der Waals surface area contributed by atoms with Gasteiger partial charge in [0.2, 0.25) is 5.91 Å². The molecule has 0 saturated carbocycles. The Morgan fingerprint density at radius 1 is 1.16 bits per heavy atom. The normalized spacial score (nSPS) is 11.5. The van der Waals surface area contributed by atoms with E-state index >= 15 is 0 Å². The van der Waals surface area contributed by atoms with Gasteiger partial charge in [0.25, 0.3) is 5.56 Å². The maximum atomic E-state index is 12.6. The van der Waals surface area contributed by atoms with Gasteiger partial charge in [0.05, 0.1) is 13.2 Å². The van der Waals surface area contributed by atoms with Gasteiger partial charge < -0.3 is 19.4 Å². The molecule has 0 atom stereocenters. The topological polar surface area (TPSA) is 120 Å². The molecule has 10 heteroatoms. The molecule has 1 amide bonds. The Morgan fingerprint density at radius 2 is 1.94 bits per heavy atom. The molecule has 0 unspecified atom stereocenters. The third-order valence-electron chi connectivity index (χ3n) is 5.04. The minimum absolute atomic E-state index is 0.0812. The van der Waals surface area contributed by atoms with Crippen LogP contribution < -0.4 is 16.6 Å². The van der Waals surface area contributed by atoms with E-state index in [0.717, 1.165) is 19.3 Å². The van der Waals surface area contributed by atoms with E-state index in [1.165, 1.54) is 4.57 Å². The summed E-state index contributed by atoms with van der Waals surface area (Å²) < 4.78 is 13.7. The number of carbonyl (C=O) groups excluding carboxylic acids is 1. The Labute approximate surface area is 188 Å². The summed E-state index contributed by atoms with van der Waals surface area (Å²) >= 11 is 0. The van der Waals surface area contributed by atoms with Crippen molar-refractivity contribution in [2.24, 2.45) is 5.92 Å². The molecule has 2 rings (SSSR count). The average molecular weight is 452 g/mol. The monoisotopic (exact) mass is 451 g/mol. The summed E-state index contributed by atoms with van der Waals surface area (Å²) in [5.41, 5.74) is -0.0771. The number of carbonyl (C=O) groups is 1. The van der Waals surface area contributed by atoms with Crippen LogP contribution in [0.2, 0.25) is 0 Å². The number of amides is 1. The van der Waals surface area contributed by atoms with E-state index in [0.29, 0.717) is 62.9 Å². The van der Waals surface area contributed by atoms with Gasteiger partial charge in [0.15, 0.2) is 11.2 Å². The molecule has 32 heavy (non-hydrogen) atoms. The highest BCUT2D eigenvalue weighted by molar-refractivity contribution is 5.76. The first-order chi connectivity index (χ1) is 15.4. The first-order valence-electron chi connectivity index (χ1n) is 11.4. The fraction of sp³-hybridized carbons (Fsp3) is 0.727. The molecule has 180 valence electrons. The minimum atomic E-state index is -0.442. The van der Waals surface area contributed by atoms with E-state index in [-0.39, 0.29) is 18.2 Å². The van der Waals surface area contributed by atoms with Gasteiger partial charge in [-0.25, -0.2) is 9.78 Å². The lowest BCUT2D eigenvalue weighted by Gasteiger charge is -2.11. The van der Waals surface area contributed by atoms with E-state index < -0.39 is 11.2 Å². The van der Waals surface area contributed by atoms with Gasteiger partial charge in [-0.3, -0.25) is 19.1 Å². The second kappa shape index (κ2) is 13.2. The number of unbranched alkanes of at least 4 members (excludes halogenated alkanes) is 1. The summed E-state index contributed by atoms with van der Waals surface area (Å²) in [6.45, 7) is 9.42. The van der Waals surface area contributed by atoms with Crippen molar-refractivity contribution in [2.75, 3.05) is 33.5 Å². The van der Waals surface area contributed by atoms with E-state index in [9.17, 15) is 14.4 Å². The van der Waals surface area contributed by atoms with E-state index in [4.69, 9.17) is 9.47 Å². The molecule has 0 bridgehead atoms. The first-order valence-corrected chi connectivity index (χ1v) is 11.4. The molecule has 10 nitrogen and oxygen atoms in total. The molecule has 2 aromatic heterocycles. The van der Waals surface area contributed by atoms with Crippen molar-refractivity contribution >= 4 is 17.1 Å². The summed E-state index contributed by atoms with van der Waals surface area (Å²) in [5.74, 6) is 0.837. The summed E-state index contributed by atoms with van der Waals surface area (Å²) in [6, 6.07) is 0. The number of aromatic nitrogens is 4. The highest BCUT2D eigenvalue weighted by atomic mass is 16.5. The van der Waals surface area contributed by atoms with Gasteiger partial charge in [0, 0.05) is 46.2 Å². The molecule has 2 aromatic rings. The van der Waals surface area contributed by atoms with Gasteiger partial charge in [0.1, 0.15) is 5.82 Å². The molecule has 0 fully saturated rings. The second-order valence-corrected chi connectivity index (χ2v) is 8.28. The van der Waals surface area contributed by atoms with E-state index in [1.807, 2.05) is 11.5 Å². The molecule has 0 radical (unpaired) electrons. The molecular formula is C22H37N5O5. The number of fused-ring (bicyclic) bond motifs is 1. The number of aryl methyl sites for hydroxylation is 2. The van der Waals surface area contributed by atoms with Crippen LogP contribution in [0, 0.1) is 5.92 Å². The van der Waals surface area contributed by atoms with Gasteiger partial charge >= 0.3 is 5.69 Å². The summed E-state index contributed by atoms with van der Waals surface area (Å²) in [4.78, 5) is 44.4. The van der Waals surface area contributed by atoms with Crippen molar-refractivity contribution < 1.29 is 14.3 Å². The number of aromatic amines is 1. The Kier molecular flexibility index (Phi) is 10.6. The Morgan fingerprint density at radius 3 is 2.62 bits per heavy atom. The van der Waals surface area contributed by atoms with Crippen LogP contribution in [0.15, 0.2) is 9.59 Å². The largest absolute Gasteiger partial charge is 0.382 e. The van der Waals surface area contributed by atoms with Crippen molar-refractivity contribution in [1.29, 1.82) is 0 Å². The zero-order valence-electron chi connectivity index (χ0n) is 19.7. The van der Waals surface area contributed by atoms with E-state index in [1.54, 1.807) is 7.11 Å². The van der Waals surface area contributed by atoms with Crippen LogP contribution in [0.4, 0.5) is 0 Å². The summed E-state index contributed by atoms with van der Waals surface area (Å²) in [5, 5.41) is 2.89. The lowest BCUT2D eigenvalue weighted by Crippen LogP contribution is -2.31. The highest BCUT2D eigenvalue weighted by Gasteiger charge is 2.19. The quantitative estimate of drug-likeness (QED) is 0.396. The van der Waals surface area contributed by atoms with Crippen LogP contribution in [0.5, 0.6) is 0 Å². The number of H-pyrrole nitrogens is 1. The molecule has 0 aliphatic heterocycles. The number of nitrogens with one attached hydrogen (secondary N) is 2. The zero-order chi connectivity index (χ0) is 23.5. The average Bonchev–Trinajstić information content (AvgIpc) is 3.09. The molecule has 0 saturated heterocycles. The van der Waals surface area contributed by atoms with Crippen molar-refractivity contribution in [1.82, 2.24) is 24.4 Å². The molecule has 2 heterocycles. The Bertz CT molecular complexity index is 975. The van der Waals surface area contributed by atoms with Crippen LogP contribution in [-0.2, 0) is 33.8 Å². The van der Waals surface area contributed by atoms with Crippen LogP contribution in [0.3, 0.4) is 0 Å². The smallest absolute Gasteiger partial charge is 0.330 e. The number of ether oxygens (including phenoxy) is 2. The second-order valence-electron chi connectivity index (χ2n) is 8.28. The highest BCUT2D eigenvalue weighted by Crippen LogP contribution is 2.16. The fourth-order valence-corrected chi connectivity index (χ4v) is 3.45. The van der Waals surface area contributed by atoms with Gasteiger partial charge in [-0.1, -0.05) is 27.2 Å². The fourth-order valence-electron chi connectivity index (χ4n) is 3.45. The predicted octanol–water partition coefficient (Wildman–Crippen LogP) is 1.44. The number of nitrogens with zero attached hydrogens (tertiary/aromatic N) is 3. The molecule has 0 aliphatic rings.